The molecule has 2 aromatic heterocycles. The van der Waals surface area contributed by atoms with E-state index in [4.69, 9.17) is 4.42 Å². The quantitative estimate of drug-likeness (QED) is 0.707. The van der Waals surface area contributed by atoms with Gasteiger partial charge in [-0.1, -0.05) is 6.07 Å². The highest BCUT2D eigenvalue weighted by molar-refractivity contribution is 7.10. The molecular formula is C22H24N2O3S. The first-order valence-electron chi connectivity index (χ1n) is 9.63. The Kier molecular flexibility index (Phi) is 5.33. The number of nitrogens with one attached hydrogen (secondary N) is 1. The summed E-state index contributed by atoms with van der Waals surface area (Å²) in [5.74, 6) is -0.287. The van der Waals surface area contributed by atoms with Crippen molar-refractivity contribution in [1.29, 1.82) is 0 Å². The van der Waals surface area contributed by atoms with Crippen LogP contribution in [0.1, 0.15) is 45.4 Å². The minimum Gasteiger partial charge on any atom is -0.451 e. The molecule has 1 amide bonds. The fourth-order valence-corrected chi connectivity index (χ4v) is 4.60. The number of hydrogen-bond donors (Lipinski definition) is 1. The first-order chi connectivity index (χ1) is 13.5. The van der Waals surface area contributed by atoms with E-state index in [1.54, 1.807) is 11.3 Å². The number of carbonyl (C=O) groups excluding carboxylic acids is 1. The summed E-state index contributed by atoms with van der Waals surface area (Å²) in [6, 6.07) is 9.24. The number of amides is 1. The number of aryl methyl sites for hydroxylation is 2. The van der Waals surface area contributed by atoms with Crippen molar-refractivity contribution in [3.63, 3.8) is 0 Å². The summed E-state index contributed by atoms with van der Waals surface area (Å²) < 4.78 is 5.77. The van der Waals surface area contributed by atoms with Gasteiger partial charge in [0.1, 0.15) is 5.58 Å². The lowest BCUT2D eigenvalue weighted by Crippen LogP contribution is -2.36. The molecule has 28 heavy (non-hydrogen) atoms. The van der Waals surface area contributed by atoms with Crippen LogP contribution in [0.25, 0.3) is 11.0 Å². The topological polar surface area (TPSA) is 62.6 Å². The highest BCUT2D eigenvalue weighted by Gasteiger charge is 2.25. The highest BCUT2D eigenvalue weighted by Crippen LogP contribution is 2.28. The molecule has 4 rings (SSSR count). The number of carbonyl (C=O) groups is 1. The molecule has 3 heterocycles. The van der Waals surface area contributed by atoms with Gasteiger partial charge in [-0.3, -0.25) is 14.5 Å². The Balaban J connectivity index is 1.55. The molecule has 1 fully saturated rings. The van der Waals surface area contributed by atoms with Gasteiger partial charge in [-0.05, 0) is 74.5 Å². The second-order valence-corrected chi connectivity index (χ2v) is 8.37. The zero-order chi connectivity index (χ0) is 19.7. The fourth-order valence-electron chi connectivity index (χ4n) is 3.74. The number of rotatable bonds is 5. The van der Waals surface area contributed by atoms with Crippen molar-refractivity contribution in [3.05, 3.63) is 67.7 Å². The first kappa shape index (κ1) is 18.9. The summed E-state index contributed by atoms with van der Waals surface area (Å²) in [4.78, 5) is 28.8. The maximum Gasteiger partial charge on any atom is 0.287 e. The molecule has 3 aromatic rings. The summed E-state index contributed by atoms with van der Waals surface area (Å²) in [6.07, 6.45) is 2.38. The molecule has 1 aliphatic heterocycles. The number of nitrogens with zero attached hydrogens (tertiary/aromatic N) is 1. The molecule has 1 atom stereocenters. The second-order valence-electron chi connectivity index (χ2n) is 7.39. The summed E-state index contributed by atoms with van der Waals surface area (Å²) in [5.41, 5.74) is 2.32. The summed E-state index contributed by atoms with van der Waals surface area (Å²) in [5, 5.41) is 5.55. The van der Waals surface area contributed by atoms with Crippen LogP contribution >= 0.6 is 11.3 Å². The van der Waals surface area contributed by atoms with Gasteiger partial charge in [0.25, 0.3) is 5.91 Å². The van der Waals surface area contributed by atoms with Gasteiger partial charge in [-0.2, -0.15) is 0 Å². The summed E-state index contributed by atoms with van der Waals surface area (Å²) in [6.45, 7) is 6.50. The predicted octanol–water partition coefficient (Wildman–Crippen LogP) is 4.04. The van der Waals surface area contributed by atoms with E-state index in [2.05, 4.69) is 21.7 Å². The third-order valence-corrected chi connectivity index (χ3v) is 6.45. The minimum atomic E-state index is -0.349. The van der Waals surface area contributed by atoms with Gasteiger partial charge in [0, 0.05) is 17.5 Å². The van der Waals surface area contributed by atoms with Crippen LogP contribution in [0.2, 0.25) is 0 Å². The molecule has 0 saturated carbocycles. The third kappa shape index (κ3) is 3.75. The maximum atomic E-state index is 12.7. The maximum absolute atomic E-state index is 12.7. The highest BCUT2D eigenvalue weighted by atomic mass is 32.1. The standard InChI is InChI=1S/C22H24N2O3S/c1-14-10-16-18(25)12-20(27-19(16)11-15(14)2)22(26)23-13-17(21-6-5-9-28-21)24-7-3-4-8-24/h5-6,9-12,17H,3-4,7-8,13H2,1-2H3,(H,23,26)/t17-/m0/s1. The van der Waals surface area contributed by atoms with Gasteiger partial charge in [-0.15, -0.1) is 11.3 Å². The molecule has 0 spiro atoms. The molecule has 1 aromatic carbocycles. The van der Waals surface area contributed by atoms with Crippen molar-refractivity contribution >= 4 is 28.2 Å². The lowest BCUT2D eigenvalue weighted by atomic mass is 10.1. The van der Waals surface area contributed by atoms with Crippen molar-refractivity contribution in [2.75, 3.05) is 19.6 Å². The number of likely N-dealkylation sites (tertiary alicyclic amines) is 1. The molecule has 5 nitrogen and oxygen atoms in total. The minimum absolute atomic E-state index is 0.0621. The van der Waals surface area contributed by atoms with Crippen LogP contribution in [0.15, 0.2) is 44.9 Å². The van der Waals surface area contributed by atoms with Crippen molar-refractivity contribution < 1.29 is 9.21 Å². The molecule has 0 aliphatic carbocycles. The normalized spacial score (nSPS) is 15.8. The molecule has 1 N–H and O–H groups in total. The third-order valence-electron chi connectivity index (χ3n) is 5.48. The zero-order valence-corrected chi connectivity index (χ0v) is 17.0. The molecular weight excluding hydrogens is 372 g/mol. The van der Waals surface area contributed by atoms with Crippen LogP contribution in [0.3, 0.4) is 0 Å². The summed E-state index contributed by atoms with van der Waals surface area (Å²) >= 11 is 1.71. The molecule has 1 aliphatic rings. The van der Waals surface area contributed by atoms with E-state index in [1.165, 1.54) is 23.8 Å². The second kappa shape index (κ2) is 7.89. The SMILES string of the molecule is Cc1cc2oc(C(=O)NC[C@@H](c3cccs3)N3CCCC3)cc(=O)c2cc1C. The van der Waals surface area contributed by atoms with E-state index in [1.807, 2.05) is 32.0 Å². The Labute approximate surface area is 168 Å². The van der Waals surface area contributed by atoms with Crippen LogP contribution < -0.4 is 10.7 Å². The molecule has 0 unspecified atom stereocenters. The van der Waals surface area contributed by atoms with Gasteiger partial charge < -0.3 is 9.73 Å². The van der Waals surface area contributed by atoms with Crippen LogP contribution in [0.5, 0.6) is 0 Å². The zero-order valence-electron chi connectivity index (χ0n) is 16.2. The number of thiophene rings is 1. The van der Waals surface area contributed by atoms with Gasteiger partial charge in [0.2, 0.25) is 0 Å². The number of benzene rings is 1. The lowest BCUT2D eigenvalue weighted by molar-refractivity contribution is 0.0911. The Hall–Kier alpha value is -2.44. The average Bonchev–Trinajstić information content (AvgIpc) is 3.38. The largest absolute Gasteiger partial charge is 0.451 e. The van der Waals surface area contributed by atoms with E-state index in [0.29, 0.717) is 17.5 Å². The Morgan fingerprint density at radius 2 is 1.96 bits per heavy atom. The van der Waals surface area contributed by atoms with Gasteiger partial charge >= 0.3 is 0 Å². The average molecular weight is 397 g/mol. The van der Waals surface area contributed by atoms with Crippen LogP contribution in [0, 0.1) is 13.8 Å². The van der Waals surface area contributed by atoms with Gasteiger partial charge in [-0.25, -0.2) is 0 Å². The van der Waals surface area contributed by atoms with Crippen LogP contribution in [-0.2, 0) is 0 Å². The molecule has 1 saturated heterocycles. The fraction of sp³-hybridized carbons (Fsp3) is 0.364. The van der Waals surface area contributed by atoms with Crippen LogP contribution in [0.4, 0.5) is 0 Å². The van der Waals surface area contributed by atoms with E-state index < -0.39 is 0 Å². The van der Waals surface area contributed by atoms with Crippen LogP contribution in [-0.4, -0.2) is 30.4 Å². The first-order valence-corrected chi connectivity index (χ1v) is 10.5. The molecule has 146 valence electrons. The van der Waals surface area contributed by atoms with Gasteiger partial charge in [0.15, 0.2) is 11.2 Å². The van der Waals surface area contributed by atoms with Crippen molar-refractivity contribution in [2.45, 2.75) is 32.7 Å². The van der Waals surface area contributed by atoms with E-state index in [-0.39, 0.29) is 23.1 Å². The number of hydrogen-bond acceptors (Lipinski definition) is 5. The number of fused-ring (bicyclic) bond motifs is 1. The van der Waals surface area contributed by atoms with Crippen molar-refractivity contribution in [3.8, 4) is 0 Å². The Morgan fingerprint density at radius 3 is 2.68 bits per heavy atom. The van der Waals surface area contributed by atoms with E-state index >= 15 is 0 Å². The lowest BCUT2D eigenvalue weighted by Gasteiger charge is -2.26. The Morgan fingerprint density at radius 1 is 1.21 bits per heavy atom. The van der Waals surface area contributed by atoms with E-state index in [9.17, 15) is 9.59 Å². The van der Waals surface area contributed by atoms with Crippen molar-refractivity contribution in [1.82, 2.24) is 10.2 Å². The summed E-state index contributed by atoms with van der Waals surface area (Å²) in [7, 11) is 0. The predicted molar refractivity (Wildman–Crippen MR) is 112 cm³/mol. The smallest absolute Gasteiger partial charge is 0.287 e. The monoisotopic (exact) mass is 396 g/mol. The van der Waals surface area contributed by atoms with E-state index in [0.717, 1.165) is 24.2 Å². The Bertz CT molecular complexity index is 1050. The molecule has 6 heteroatoms. The van der Waals surface area contributed by atoms with Crippen molar-refractivity contribution in [2.24, 2.45) is 0 Å². The molecule has 0 radical (unpaired) electrons. The molecule has 0 bridgehead atoms. The van der Waals surface area contributed by atoms with Gasteiger partial charge in [0.05, 0.1) is 11.4 Å².